The number of H-pyrrole nitrogens is 1. The van der Waals surface area contributed by atoms with Crippen molar-refractivity contribution >= 4 is 27.7 Å². The maximum absolute atomic E-state index is 12.5. The first-order valence-corrected chi connectivity index (χ1v) is 8.32. The van der Waals surface area contributed by atoms with Crippen LogP contribution >= 0.6 is 0 Å². The summed E-state index contributed by atoms with van der Waals surface area (Å²) in [6.45, 7) is -0.164. The minimum Gasteiger partial charge on any atom is -0.497 e. The average Bonchev–Trinajstić information content (AvgIpc) is 2.71. The Morgan fingerprint density at radius 2 is 1.86 bits per heavy atom. The highest BCUT2D eigenvalue weighted by molar-refractivity contribution is 6.02. The lowest BCUT2D eigenvalue weighted by atomic mass is 10.1. The number of aromatic nitrogens is 2. The van der Waals surface area contributed by atoms with E-state index in [0.717, 1.165) is 0 Å². The number of carbonyl (C=O) groups excluding carboxylic acids is 1. The van der Waals surface area contributed by atoms with Crippen molar-refractivity contribution in [2.45, 2.75) is 6.61 Å². The van der Waals surface area contributed by atoms with Gasteiger partial charge in [-0.3, -0.25) is 4.79 Å². The molecule has 0 saturated heterocycles. The van der Waals surface area contributed by atoms with Gasteiger partial charge in [0.2, 0.25) is 0 Å². The average molecular weight is 378 g/mol. The predicted molar refractivity (Wildman–Crippen MR) is 101 cm³/mol. The van der Waals surface area contributed by atoms with Crippen LogP contribution in [0.1, 0.15) is 16.1 Å². The highest BCUT2D eigenvalue weighted by Crippen LogP contribution is 2.23. The molecule has 0 saturated carbocycles. The largest absolute Gasteiger partial charge is 0.497 e. The van der Waals surface area contributed by atoms with Crippen LogP contribution in [0, 0.1) is 0 Å². The van der Waals surface area contributed by atoms with Crippen LogP contribution in [0.4, 0.5) is 0 Å². The number of carbonyl (C=O) groups is 1. The Labute approximate surface area is 157 Å². The molecule has 0 aliphatic rings. The van der Waals surface area contributed by atoms with Crippen molar-refractivity contribution < 1.29 is 18.7 Å². The fraction of sp³-hybridized carbons (Fsp3) is 0.100. The lowest BCUT2D eigenvalue weighted by Crippen LogP contribution is -2.16. The third-order valence-corrected chi connectivity index (χ3v) is 4.29. The van der Waals surface area contributed by atoms with Gasteiger partial charge in [-0.25, -0.2) is 14.7 Å². The van der Waals surface area contributed by atoms with E-state index in [2.05, 4.69) is 10.2 Å². The molecule has 2 aromatic heterocycles. The Hall–Kier alpha value is -3.94. The number of hydrogen-bond acceptors (Lipinski definition) is 7. The van der Waals surface area contributed by atoms with Crippen LogP contribution in [-0.2, 0) is 11.3 Å². The molecule has 0 aliphatic heterocycles. The maximum atomic E-state index is 12.5. The van der Waals surface area contributed by atoms with E-state index in [0.29, 0.717) is 33.1 Å². The van der Waals surface area contributed by atoms with Crippen molar-refractivity contribution in [2.75, 3.05) is 7.11 Å². The van der Waals surface area contributed by atoms with Gasteiger partial charge in [-0.15, -0.1) is 0 Å². The molecule has 0 unspecified atom stereocenters. The molecule has 0 atom stereocenters. The van der Waals surface area contributed by atoms with Gasteiger partial charge >= 0.3 is 11.6 Å². The molecule has 2 heterocycles. The van der Waals surface area contributed by atoms with Crippen LogP contribution < -0.4 is 15.9 Å². The molecule has 4 aromatic rings. The second-order valence-corrected chi connectivity index (χ2v) is 5.98. The van der Waals surface area contributed by atoms with E-state index >= 15 is 0 Å². The summed E-state index contributed by atoms with van der Waals surface area (Å²) in [5, 5.41) is 7.44. The molecule has 1 N–H and O–H groups in total. The van der Waals surface area contributed by atoms with Gasteiger partial charge in [0.15, 0.2) is 5.69 Å². The smallest absolute Gasteiger partial charge is 0.359 e. The number of rotatable bonds is 4. The second-order valence-electron chi connectivity index (χ2n) is 5.98. The normalized spacial score (nSPS) is 10.9. The van der Waals surface area contributed by atoms with E-state index < -0.39 is 17.2 Å². The number of methoxy groups -OCH3 is 1. The standard InChI is InChI=1S/C20H14N2O6/c1-26-12-6-7-13-11(8-17(23)28-16(13)9-12)10-27-20(25)18-14-4-2-3-5-15(14)19(24)22-21-18/h2-9H,10H2,1H3,(H,22,24). The van der Waals surface area contributed by atoms with Crippen molar-refractivity contribution in [3.05, 3.63) is 80.6 Å². The third kappa shape index (κ3) is 3.11. The summed E-state index contributed by atoms with van der Waals surface area (Å²) in [5.41, 5.74) is -0.169. The lowest BCUT2D eigenvalue weighted by molar-refractivity contribution is 0.0468. The second kappa shape index (κ2) is 6.99. The van der Waals surface area contributed by atoms with Crippen LogP contribution in [-0.4, -0.2) is 23.3 Å². The summed E-state index contributed by atoms with van der Waals surface area (Å²) in [7, 11) is 1.51. The summed E-state index contributed by atoms with van der Waals surface area (Å²) in [6, 6.07) is 12.9. The molecule has 4 rings (SSSR count). The molecular formula is C20H14N2O6. The van der Waals surface area contributed by atoms with Crippen molar-refractivity contribution in [2.24, 2.45) is 0 Å². The van der Waals surface area contributed by atoms with E-state index in [1.807, 2.05) is 0 Å². The molecule has 0 bridgehead atoms. The Morgan fingerprint density at radius 1 is 1.07 bits per heavy atom. The summed E-state index contributed by atoms with van der Waals surface area (Å²) in [6.07, 6.45) is 0. The van der Waals surface area contributed by atoms with Gasteiger partial charge in [-0.2, -0.15) is 5.10 Å². The van der Waals surface area contributed by atoms with Crippen molar-refractivity contribution in [1.82, 2.24) is 10.2 Å². The summed E-state index contributed by atoms with van der Waals surface area (Å²) in [4.78, 5) is 36.2. The zero-order valence-electron chi connectivity index (χ0n) is 14.7. The molecule has 8 nitrogen and oxygen atoms in total. The first kappa shape index (κ1) is 17.5. The van der Waals surface area contributed by atoms with Gasteiger partial charge < -0.3 is 13.9 Å². The van der Waals surface area contributed by atoms with Crippen molar-refractivity contribution in [3.8, 4) is 5.75 Å². The van der Waals surface area contributed by atoms with E-state index in [1.165, 1.54) is 13.2 Å². The van der Waals surface area contributed by atoms with Gasteiger partial charge in [-0.05, 0) is 18.2 Å². The molecule has 28 heavy (non-hydrogen) atoms. The number of ether oxygens (including phenoxy) is 2. The molecule has 0 aliphatic carbocycles. The number of benzene rings is 2. The lowest BCUT2D eigenvalue weighted by Gasteiger charge is -2.09. The maximum Gasteiger partial charge on any atom is 0.359 e. The summed E-state index contributed by atoms with van der Waals surface area (Å²) < 4.78 is 15.6. The zero-order chi connectivity index (χ0) is 19.7. The minimum absolute atomic E-state index is 0.0101. The van der Waals surface area contributed by atoms with Crippen molar-refractivity contribution in [1.29, 1.82) is 0 Å². The molecular weight excluding hydrogens is 364 g/mol. The number of nitrogens with one attached hydrogen (secondary N) is 1. The van der Waals surface area contributed by atoms with Crippen LogP contribution in [0.2, 0.25) is 0 Å². The minimum atomic E-state index is -0.720. The molecule has 0 radical (unpaired) electrons. The van der Waals surface area contributed by atoms with Crippen LogP contribution in [0.15, 0.2) is 62.5 Å². The quantitative estimate of drug-likeness (QED) is 0.429. The highest BCUT2D eigenvalue weighted by Gasteiger charge is 2.16. The first-order valence-electron chi connectivity index (χ1n) is 8.32. The van der Waals surface area contributed by atoms with Crippen LogP contribution in [0.25, 0.3) is 21.7 Å². The summed E-state index contributed by atoms with van der Waals surface area (Å²) >= 11 is 0. The Bertz CT molecular complexity index is 1320. The number of esters is 1. The van der Waals surface area contributed by atoms with Crippen LogP contribution in [0.3, 0.4) is 0 Å². The van der Waals surface area contributed by atoms with Gasteiger partial charge in [-0.1, -0.05) is 18.2 Å². The molecule has 140 valence electrons. The Morgan fingerprint density at radius 3 is 2.64 bits per heavy atom. The van der Waals surface area contributed by atoms with Gasteiger partial charge in [0.25, 0.3) is 5.56 Å². The summed E-state index contributed by atoms with van der Waals surface area (Å²) in [5.74, 6) is -0.184. The zero-order valence-corrected chi connectivity index (χ0v) is 14.7. The number of aromatic amines is 1. The predicted octanol–water partition coefficient (Wildman–Crippen LogP) is 2.40. The van der Waals surface area contributed by atoms with Gasteiger partial charge in [0.1, 0.15) is 17.9 Å². The third-order valence-electron chi connectivity index (χ3n) is 4.29. The van der Waals surface area contributed by atoms with E-state index in [-0.39, 0.29) is 12.3 Å². The highest BCUT2D eigenvalue weighted by atomic mass is 16.5. The van der Waals surface area contributed by atoms with Crippen LogP contribution in [0.5, 0.6) is 5.75 Å². The fourth-order valence-electron chi connectivity index (χ4n) is 2.94. The fourth-order valence-corrected chi connectivity index (χ4v) is 2.94. The van der Waals surface area contributed by atoms with Gasteiger partial charge in [0, 0.05) is 28.5 Å². The van der Waals surface area contributed by atoms with Gasteiger partial charge in [0.05, 0.1) is 12.5 Å². The number of hydrogen-bond donors (Lipinski definition) is 1. The number of nitrogens with zero attached hydrogens (tertiary/aromatic N) is 1. The Balaban J connectivity index is 1.67. The topological polar surface area (TPSA) is 111 Å². The molecule has 0 amide bonds. The van der Waals surface area contributed by atoms with E-state index in [9.17, 15) is 14.4 Å². The number of fused-ring (bicyclic) bond motifs is 2. The molecule has 0 fully saturated rings. The van der Waals surface area contributed by atoms with Crippen molar-refractivity contribution in [3.63, 3.8) is 0 Å². The Kier molecular flexibility index (Phi) is 4.36. The SMILES string of the molecule is COc1ccc2c(COC(=O)c3n[nH]c(=O)c4ccccc34)cc(=O)oc2c1. The molecule has 8 heteroatoms. The molecule has 0 spiro atoms. The first-order chi connectivity index (χ1) is 13.6. The monoisotopic (exact) mass is 378 g/mol. The van der Waals surface area contributed by atoms with E-state index in [1.54, 1.807) is 42.5 Å². The van der Waals surface area contributed by atoms with E-state index in [4.69, 9.17) is 13.9 Å². The molecule has 2 aromatic carbocycles.